The van der Waals surface area contributed by atoms with E-state index in [-0.39, 0.29) is 12.4 Å². The summed E-state index contributed by atoms with van der Waals surface area (Å²) in [5.74, 6) is 1.10. The molecule has 1 amide bonds. The molecule has 0 spiro atoms. The molecule has 0 aliphatic carbocycles. The van der Waals surface area contributed by atoms with Gasteiger partial charge in [-0.3, -0.25) is 4.79 Å². The van der Waals surface area contributed by atoms with Crippen molar-refractivity contribution in [2.45, 2.75) is 0 Å². The van der Waals surface area contributed by atoms with Gasteiger partial charge in [-0.15, -0.1) is 0 Å². The molecule has 7 heteroatoms. The van der Waals surface area contributed by atoms with Crippen LogP contribution in [0.2, 0.25) is 5.02 Å². The second kappa shape index (κ2) is 7.16. The van der Waals surface area contributed by atoms with Crippen LogP contribution in [0.5, 0.6) is 17.2 Å². The lowest BCUT2D eigenvalue weighted by Gasteiger charge is -2.07. The third kappa shape index (κ3) is 3.67. The average molecular weight is 357 g/mol. The fourth-order valence-corrected chi connectivity index (χ4v) is 2.48. The second-order valence-corrected chi connectivity index (χ2v) is 5.51. The number of ether oxygens (including phenoxy) is 3. The van der Waals surface area contributed by atoms with Crippen LogP contribution in [0.3, 0.4) is 0 Å². The molecule has 0 bridgehead atoms. The lowest BCUT2D eigenvalue weighted by Crippen LogP contribution is -2.13. The van der Waals surface area contributed by atoms with E-state index >= 15 is 0 Å². The molecule has 1 heterocycles. The van der Waals surface area contributed by atoms with Gasteiger partial charge in [-0.25, -0.2) is 0 Å². The number of methoxy groups -OCH3 is 1. The number of hydrogen-bond acceptors (Lipinski definition) is 5. The summed E-state index contributed by atoms with van der Waals surface area (Å²) in [5.41, 5.74) is 0.944. The molecule has 0 atom stereocenters. The summed E-state index contributed by atoms with van der Waals surface area (Å²) in [6.07, 6.45) is 1.42. The Balaban J connectivity index is 1.84. The Labute approximate surface area is 149 Å². The molecule has 1 aliphatic heterocycles. The van der Waals surface area contributed by atoms with E-state index in [1.807, 2.05) is 6.07 Å². The number of nitrogens with zero attached hydrogens (tertiary/aromatic N) is 1. The molecule has 0 unspecified atom stereocenters. The highest BCUT2D eigenvalue weighted by Crippen LogP contribution is 2.34. The number of carbonyl (C=O) groups is 1. The Kier molecular flexibility index (Phi) is 4.78. The van der Waals surface area contributed by atoms with Crippen LogP contribution < -0.4 is 19.5 Å². The lowest BCUT2D eigenvalue weighted by molar-refractivity contribution is -0.112. The summed E-state index contributed by atoms with van der Waals surface area (Å²) < 4.78 is 15.7. The molecule has 0 saturated heterocycles. The minimum Gasteiger partial charge on any atom is -0.496 e. The summed E-state index contributed by atoms with van der Waals surface area (Å²) in [5, 5.41) is 12.5. The van der Waals surface area contributed by atoms with E-state index in [4.69, 9.17) is 25.8 Å². The number of amides is 1. The predicted octanol–water partition coefficient (Wildman–Crippen LogP) is 3.62. The van der Waals surface area contributed by atoms with Crippen LogP contribution in [0.25, 0.3) is 6.08 Å². The lowest BCUT2D eigenvalue weighted by atomic mass is 10.1. The Hall–Kier alpha value is -3.17. The zero-order valence-electron chi connectivity index (χ0n) is 13.2. The van der Waals surface area contributed by atoms with Gasteiger partial charge in [-0.05, 0) is 36.4 Å². The molecule has 2 aromatic rings. The molecule has 3 rings (SSSR count). The van der Waals surface area contributed by atoms with Crippen molar-refractivity contribution in [1.29, 1.82) is 5.26 Å². The molecule has 0 radical (unpaired) electrons. The Bertz CT molecular complexity index is 902. The number of benzene rings is 2. The first-order valence-corrected chi connectivity index (χ1v) is 7.65. The van der Waals surface area contributed by atoms with Gasteiger partial charge in [0.25, 0.3) is 5.91 Å². The summed E-state index contributed by atoms with van der Waals surface area (Å²) >= 11 is 5.97. The third-order valence-corrected chi connectivity index (χ3v) is 3.72. The van der Waals surface area contributed by atoms with Gasteiger partial charge in [0.1, 0.15) is 17.4 Å². The first kappa shape index (κ1) is 16.7. The Morgan fingerprint density at radius 1 is 1.28 bits per heavy atom. The van der Waals surface area contributed by atoms with Gasteiger partial charge in [0.15, 0.2) is 11.5 Å². The van der Waals surface area contributed by atoms with Crippen molar-refractivity contribution in [2.75, 3.05) is 19.2 Å². The summed E-state index contributed by atoms with van der Waals surface area (Å²) in [6, 6.07) is 11.8. The number of halogens is 1. The molecule has 0 aromatic heterocycles. The fraction of sp³-hybridized carbons (Fsp3) is 0.111. The van der Waals surface area contributed by atoms with Crippen molar-refractivity contribution in [3.05, 3.63) is 52.6 Å². The van der Waals surface area contributed by atoms with Crippen LogP contribution in [0.15, 0.2) is 42.0 Å². The third-order valence-electron chi connectivity index (χ3n) is 3.49. The first-order chi connectivity index (χ1) is 12.1. The van der Waals surface area contributed by atoms with Crippen molar-refractivity contribution >= 4 is 29.3 Å². The van der Waals surface area contributed by atoms with Gasteiger partial charge in [0.05, 0.1) is 7.11 Å². The number of carbonyl (C=O) groups excluding carboxylic acids is 1. The molecular weight excluding hydrogens is 344 g/mol. The molecule has 6 nitrogen and oxygen atoms in total. The predicted molar refractivity (Wildman–Crippen MR) is 92.8 cm³/mol. The molecule has 25 heavy (non-hydrogen) atoms. The summed E-state index contributed by atoms with van der Waals surface area (Å²) in [7, 11) is 1.50. The van der Waals surface area contributed by atoms with Gasteiger partial charge >= 0.3 is 0 Å². The largest absolute Gasteiger partial charge is 0.496 e. The van der Waals surface area contributed by atoms with Crippen LogP contribution >= 0.6 is 11.6 Å². The second-order valence-electron chi connectivity index (χ2n) is 5.08. The van der Waals surface area contributed by atoms with Gasteiger partial charge in [-0.1, -0.05) is 11.6 Å². The van der Waals surface area contributed by atoms with E-state index in [1.54, 1.807) is 36.4 Å². The number of rotatable bonds is 4. The van der Waals surface area contributed by atoms with E-state index in [1.165, 1.54) is 13.2 Å². The fourth-order valence-electron chi connectivity index (χ4n) is 2.29. The molecule has 1 N–H and O–H groups in total. The smallest absolute Gasteiger partial charge is 0.266 e. The maximum absolute atomic E-state index is 12.4. The van der Waals surface area contributed by atoms with Gasteiger partial charge in [0, 0.05) is 22.3 Å². The van der Waals surface area contributed by atoms with E-state index in [0.717, 1.165) is 0 Å². The van der Waals surface area contributed by atoms with E-state index in [9.17, 15) is 10.1 Å². The number of nitriles is 1. The highest BCUT2D eigenvalue weighted by atomic mass is 35.5. The summed E-state index contributed by atoms with van der Waals surface area (Å²) in [4.78, 5) is 12.4. The first-order valence-electron chi connectivity index (χ1n) is 7.27. The minimum absolute atomic E-state index is 0.0850. The molecule has 2 aromatic carbocycles. The van der Waals surface area contributed by atoms with Gasteiger partial charge in [0.2, 0.25) is 6.79 Å². The number of hydrogen-bond donors (Lipinski definition) is 1. The topological polar surface area (TPSA) is 80.6 Å². The Morgan fingerprint density at radius 3 is 2.84 bits per heavy atom. The van der Waals surface area contributed by atoms with Crippen LogP contribution in [-0.4, -0.2) is 19.8 Å². The summed E-state index contributed by atoms with van der Waals surface area (Å²) in [6.45, 7) is 0.143. The van der Waals surface area contributed by atoms with Crippen molar-refractivity contribution < 1.29 is 19.0 Å². The zero-order chi connectivity index (χ0) is 17.8. The van der Waals surface area contributed by atoms with Crippen LogP contribution in [0, 0.1) is 11.3 Å². The maximum Gasteiger partial charge on any atom is 0.266 e. The van der Waals surface area contributed by atoms with Gasteiger partial charge < -0.3 is 19.5 Å². The highest BCUT2D eigenvalue weighted by molar-refractivity contribution is 6.30. The number of anilines is 1. The van der Waals surface area contributed by atoms with E-state index < -0.39 is 5.91 Å². The number of fused-ring (bicyclic) bond motifs is 1. The Morgan fingerprint density at radius 2 is 2.08 bits per heavy atom. The van der Waals surface area contributed by atoms with Crippen LogP contribution in [0.1, 0.15) is 5.56 Å². The zero-order valence-corrected chi connectivity index (χ0v) is 14.0. The molecule has 126 valence electrons. The SMILES string of the molecule is COc1ccc(Cl)cc1/C=C(\C#N)C(=O)Nc1ccc2c(c1)OCO2. The standard InChI is InChI=1S/C18H13ClN2O4/c1-23-15-4-2-13(19)7-11(15)6-12(9-20)18(22)21-14-3-5-16-17(8-14)25-10-24-16/h2-8H,10H2,1H3,(H,21,22)/b12-6+. The van der Waals surface area contributed by atoms with E-state index in [2.05, 4.69) is 5.32 Å². The highest BCUT2D eigenvalue weighted by Gasteiger charge is 2.16. The van der Waals surface area contributed by atoms with E-state index in [0.29, 0.717) is 33.5 Å². The molecule has 0 fully saturated rings. The average Bonchev–Trinajstić information content (AvgIpc) is 3.07. The van der Waals surface area contributed by atoms with Crippen LogP contribution in [0.4, 0.5) is 5.69 Å². The van der Waals surface area contributed by atoms with Crippen molar-refractivity contribution in [3.8, 4) is 23.3 Å². The minimum atomic E-state index is -0.552. The van der Waals surface area contributed by atoms with Crippen LogP contribution in [-0.2, 0) is 4.79 Å². The van der Waals surface area contributed by atoms with Crippen molar-refractivity contribution in [3.63, 3.8) is 0 Å². The number of nitrogens with one attached hydrogen (secondary N) is 1. The van der Waals surface area contributed by atoms with Gasteiger partial charge in [-0.2, -0.15) is 5.26 Å². The van der Waals surface area contributed by atoms with Crippen molar-refractivity contribution in [2.24, 2.45) is 0 Å². The van der Waals surface area contributed by atoms with Crippen molar-refractivity contribution in [1.82, 2.24) is 0 Å². The molecule has 1 aliphatic rings. The quantitative estimate of drug-likeness (QED) is 0.668. The molecule has 0 saturated carbocycles. The maximum atomic E-state index is 12.4. The normalized spacial score (nSPS) is 12.4. The monoisotopic (exact) mass is 356 g/mol. The molecular formula is C18H13ClN2O4.